The molecule has 1 amide bonds. The molecule has 10 heteroatoms. The smallest absolute Gasteiger partial charge is 0.352 e. The van der Waals surface area contributed by atoms with Crippen LogP contribution in [0.3, 0.4) is 0 Å². The molecule has 7 nitrogen and oxygen atoms in total. The Bertz CT molecular complexity index is 957. The molecule has 0 aliphatic rings. The zero-order chi connectivity index (χ0) is 23.4. The summed E-state index contributed by atoms with van der Waals surface area (Å²) in [7, 11) is 1.48. The molecule has 0 aliphatic heterocycles. The molecule has 170 valence electrons. The quantitative estimate of drug-likeness (QED) is 0.495. The van der Waals surface area contributed by atoms with Gasteiger partial charge in [-0.1, -0.05) is 6.07 Å². The summed E-state index contributed by atoms with van der Waals surface area (Å²) in [6, 6.07) is 5.90. The highest BCUT2D eigenvalue weighted by Crippen LogP contribution is 2.33. The zero-order valence-corrected chi connectivity index (χ0v) is 18.6. The monoisotopic (exact) mass is 438 g/mol. The van der Waals surface area contributed by atoms with Crippen molar-refractivity contribution in [3.8, 4) is 5.69 Å². The Balaban J connectivity index is 2.15. The van der Waals surface area contributed by atoms with Gasteiger partial charge in [-0.3, -0.25) is 9.79 Å². The topological polar surface area (TPSA) is 83.3 Å². The maximum atomic E-state index is 13.7. The second kappa shape index (κ2) is 9.40. The predicted molar refractivity (Wildman–Crippen MR) is 114 cm³/mol. The summed E-state index contributed by atoms with van der Waals surface area (Å²) < 4.78 is 42.6. The van der Waals surface area contributed by atoms with Gasteiger partial charge in [0.1, 0.15) is 0 Å². The predicted octanol–water partition coefficient (Wildman–Crippen LogP) is 3.09. The first-order valence-corrected chi connectivity index (χ1v) is 9.79. The van der Waals surface area contributed by atoms with E-state index >= 15 is 0 Å². The first-order valence-electron chi connectivity index (χ1n) is 9.79. The van der Waals surface area contributed by atoms with Crippen LogP contribution >= 0.6 is 0 Å². The second-order valence-electron chi connectivity index (χ2n) is 8.26. The maximum absolute atomic E-state index is 13.7. The standard InChI is InChI=1S/C21H29F3N6O/c1-13-9-14(2)30(29-13)16-8-7-15(17(10-16)21(22,23)24)11-26-19(25-6)27-12-18(31)28-20(3,4)5/h7-10H,11-12H2,1-6H3,(H,28,31)(H2,25,26,27). The average Bonchev–Trinajstić information content (AvgIpc) is 2.97. The van der Waals surface area contributed by atoms with Gasteiger partial charge < -0.3 is 16.0 Å². The van der Waals surface area contributed by atoms with Crippen LogP contribution in [0.5, 0.6) is 0 Å². The molecule has 0 fully saturated rings. The fourth-order valence-corrected chi connectivity index (χ4v) is 3.03. The number of alkyl halides is 3. The molecule has 0 saturated heterocycles. The number of aryl methyl sites for hydroxylation is 2. The van der Waals surface area contributed by atoms with Gasteiger partial charge in [0.2, 0.25) is 5.91 Å². The van der Waals surface area contributed by atoms with Gasteiger partial charge in [0, 0.05) is 24.8 Å². The molecule has 0 saturated carbocycles. The lowest BCUT2D eigenvalue weighted by atomic mass is 10.1. The minimum Gasteiger partial charge on any atom is -0.352 e. The average molecular weight is 438 g/mol. The minimum absolute atomic E-state index is 0.0554. The van der Waals surface area contributed by atoms with Gasteiger partial charge in [0.25, 0.3) is 0 Å². The minimum atomic E-state index is -4.54. The molecular formula is C21H29F3N6O. The fourth-order valence-electron chi connectivity index (χ4n) is 3.03. The molecule has 0 aliphatic carbocycles. The molecule has 1 aromatic carbocycles. The van der Waals surface area contributed by atoms with E-state index in [1.807, 2.05) is 20.8 Å². The van der Waals surface area contributed by atoms with Gasteiger partial charge in [0.15, 0.2) is 5.96 Å². The normalized spacial score (nSPS) is 12.6. The number of halogens is 3. The van der Waals surface area contributed by atoms with Crippen molar-refractivity contribution in [2.45, 2.75) is 52.9 Å². The van der Waals surface area contributed by atoms with Crippen molar-refractivity contribution in [2.75, 3.05) is 13.6 Å². The van der Waals surface area contributed by atoms with E-state index in [1.165, 1.54) is 17.8 Å². The summed E-state index contributed by atoms with van der Waals surface area (Å²) >= 11 is 0. The molecule has 2 aromatic rings. The Labute approximate surface area is 180 Å². The summed E-state index contributed by atoms with van der Waals surface area (Å²) in [6.45, 7) is 8.96. The number of nitrogens with one attached hydrogen (secondary N) is 3. The number of nitrogens with zero attached hydrogens (tertiary/aromatic N) is 3. The number of carbonyl (C=O) groups excluding carboxylic acids is 1. The Hall–Kier alpha value is -3.04. The van der Waals surface area contributed by atoms with Crippen LogP contribution < -0.4 is 16.0 Å². The number of amides is 1. The summed E-state index contributed by atoms with van der Waals surface area (Å²) in [5, 5.41) is 12.7. The van der Waals surface area contributed by atoms with E-state index in [-0.39, 0.29) is 36.1 Å². The van der Waals surface area contributed by atoms with Crippen molar-refractivity contribution < 1.29 is 18.0 Å². The summed E-state index contributed by atoms with van der Waals surface area (Å²) in [5.41, 5.74) is 0.718. The summed E-state index contributed by atoms with van der Waals surface area (Å²) in [4.78, 5) is 15.9. The van der Waals surface area contributed by atoms with Crippen LogP contribution in [0.1, 0.15) is 43.3 Å². The van der Waals surface area contributed by atoms with E-state index in [9.17, 15) is 18.0 Å². The van der Waals surface area contributed by atoms with Crippen LogP contribution in [0.15, 0.2) is 29.3 Å². The SMILES string of the molecule is CN=C(NCC(=O)NC(C)(C)C)NCc1ccc(-n2nc(C)cc2C)cc1C(F)(F)F. The van der Waals surface area contributed by atoms with Crippen LogP contribution in [0.25, 0.3) is 5.69 Å². The van der Waals surface area contributed by atoms with Crippen molar-refractivity contribution in [3.63, 3.8) is 0 Å². The molecule has 2 rings (SSSR count). The van der Waals surface area contributed by atoms with Crippen LogP contribution in [0.4, 0.5) is 13.2 Å². The molecule has 1 aromatic heterocycles. The summed E-state index contributed by atoms with van der Waals surface area (Å²) in [5.74, 6) is -0.0273. The third kappa shape index (κ3) is 7.01. The zero-order valence-electron chi connectivity index (χ0n) is 18.6. The number of carbonyl (C=O) groups is 1. The lowest BCUT2D eigenvalue weighted by Gasteiger charge is -2.21. The van der Waals surface area contributed by atoms with E-state index in [2.05, 4.69) is 26.0 Å². The highest BCUT2D eigenvalue weighted by Gasteiger charge is 2.34. The van der Waals surface area contributed by atoms with Gasteiger partial charge >= 0.3 is 6.18 Å². The van der Waals surface area contributed by atoms with E-state index in [0.29, 0.717) is 5.69 Å². The molecule has 0 bridgehead atoms. The fraction of sp³-hybridized carbons (Fsp3) is 0.476. The highest BCUT2D eigenvalue weighted by atomic mass is 19.4. The maximum Gasteiger partial charge on any atom is 0.416 e. The Morgan fingerprint density at radius 3 is 2.32 bits per heavy atom. The van der Waals surface area contributed by atoms with Crippen molar-refractivity contribution in [3.05, 3.63) is 46.8 Å². The van der Waals surface area contributed by atoms with Crippen LogP contribution in [-0.2, 0) is 17.5 Å². The first-order chi connectivity index (χ1) is 14.3. The Morgan fingerprint density at radius 2 is 1.81 bits per heavy atom. The molecule has 31 heavy (non-hydrogen) atoms. The van der Waals surface area contributed by atoms with E-state index < -0.39 is 11.7 Å². The van der Waals surface area contributed by atoms with Crippen molar-refractivity contribution in [1.82, 2.24) is 25.7 Å². The number of hydrogen-bond donors (Lipinski definition) is 3. The van der Waals surface area contributed by atoms with Crippen molar-refractivity contribution >= 4 is 11.9 Å². The van der Waals surface area contributed by atoms with E-state index in [4.69, 9.17) is 0 Å². The van der Waals surface area contributed by atoms with E-state index in [1.54, 1.807) is 26.0 Å². The largest absolute Gasteiger partial charge is 0.416 e. The lowest BCUT2D eigenvalue weighted by molar-refractivity contribution is -0.138. The number of benzene rings is 1. The third-order valence-electron chi connectivity index (χ3n) is 4.25. The third-order valence-corrected chi connectivity index (χ3v) is 4.25. The molecular weight excluding hydrogens is 409 g/mol. The Morgan fingerprint density at radius 1 is 1.13 bits per heavy atom. The molecule has 0 radical (unpaired) electrons. The van der Waals surface area contributed by atoms with E-state index in [0.717, 1.165) is 17.5 Å². The molecule has 0 atom stereocenters. The van der Waals surface area contributed by atoms with Gasteiger partial charge in [-0.2, -0.15) is 18.3 Å². The van der Waals surface area contributed by atoms with Crippen LogP contribution in [-0.4, -0.2) is 40.8 Å². The number of guanidine groups is 1. The highest BCUT2D eigenvalue weighted by molar-refractivity contribution is 5.86. The molecule has 0 spiro atoms. The Kier molecular flexibility index (Phi) is 7.35. The van der Waals surface area contributed by atoms with Crippen LogP contribution in [0, 0.1) is 13.8 Å². The molecule has 3 N–H and O–H groups in total. The number of aliphatic imine (C=N–C) groups is 1. The molecule has 1 heterocycles. The number of rotatable bonds is 5. The first kappa shape index (κ1) is 24.2. The van der Waals surface area contributed by atoms with Crippen LogP contribution in [0.2, 0.25) is 0 Å². The van der Waals surface area contributed by atoms with Gasteiger partial charge in [-0.25, -0.2) is 4.68 Å². The van der Waals surface area contributed by atoms with Crippen molar-refractivity contribution in [1.29, 1.82) is 0 Å². The summed E-state index contributed by atoms with van der Waals surface area (Å²) in [6.07, 6.45) is -4.54. The van der Waals surface area contributed by atoms with Crippen molar-refractivity contribution in [2.24, 2.45) is 4.99 Å². The van der Waals surface area contributed by atoms with Gasteiger partial charge in [-0.15, -0.1) is 0 Å². The number of hydrogen-bond acceptors (Lipinski definition) is 3. The molecule has 0 unspecified atom stereocenters. The van der Waals surface area contributed by atoms with Gasteiger partial charge in [-0.05, 0) is 58.4 Å². The van der Waals surface area contributed by atoms with Gasteiger partial charge in [0.05, 0.1) is 23.5 Å². The lowest BCUT2D eigenvalue weighted by Crippen LogP contribution is -2.48. The number of aromatic nitrogens is 2. The second-order valence-corrected chi connectivity index (χ2v) is 8.26.